The van der Waals surface area contributed by atoms with E-state index in [1.807, 2.05) is 13.8 Å². The number of likely N-dealkylation sites (N-methyl/N-ethyl adjacent to an activating group) is 1. The highest BCUT2D eigenvalue weighted by atomic mass is 16.5. The van der Waals surface area contributed by atoms with Crippen molar-refractivity contribution in [2.75, 3.05) is 30.8 Å². The summed E-state index contributed by atoms with van der Waals surface area (Å²) in [6.07, 6.45) is 3.70. The second-order valence-electron chi connectivity index (χ2n) is 6.23. The lowest BCUT2D eigenvalue weighted by Crippen LogP contribution is -2.37. The fourth-order valence-corrected chi connectivity index (χ4v) is 3.26. The van der Waals surface area contributed by atoms with Crippen molar-refractivity contribution in [3.05, 3.63) is 0 Å². The van der Waals surface area contributed by atoms with E-state index in [2.05, 4.69) is 31.8 Å². The van der Waals surface area contributed by atoms with Crippen LogP contribution in [0.4, 0.5) is 11.9 Å². The van der Waals surface area contributed by atoms with E-state index in [1.54, 1.807) is 0 Å². The molecule has 2 fully saturated rings. The summed E-state index contributed by atoms with van der Waals surface area (Å²) in [5.41, 5.74) is 5.80. The van der Waals surface area contributed by atoms with Crippen LogP contribution in [-0.2, 0) is 0 Å². The van der Waals surface area contributed by atoms with Gasteiger partial charge in [0.1, 0.15) is 0 Å². The van der Waals surface area contributed by atoms with E-state index in [1.165, 1.54) is 12.8 Å². The zero-order valence-electron chi connectivity index (χ0n) is 13.0. The first-order valence-corrected chi connectivity index (χ1v) is 7.68. The smallest absolute Gasteiger partial charge is 0.323 e. The number of hydrogen-bond acceptors (Lipinski definition) is 7. The second-order valence-corrected chi connectivity index (χ2v) is 6.23. The summed E-state index contributed by atoms with van der Waals surface area (Å²) in [6, 6.07) is 1.57. The average molecular weight is 292 g/mol. The Morgan fingerprint density at radius 2 is 1.90 bits per heavy atom. The fourth-order valence-electron chi connectivity index (χ4n) is 3.26. The zero-order valence-corrected chi connectivity index (χ0v) is 13.0. The third-order valence-electron chi connectivity index (χ3n) is 4.39. The number of aromatic nitrogens is 3. The van der Waals surface area contributed by atoms with Crippen molar-refractivity contribution in [1.29, 1.82) is 0 Å². The van der Waals surface area contributed by atoms with E-state index in [0.29, 0.717) is 24.0 Å². The highest BCUT2D eigenvalue weighted by molar-refractivity contribution is 5.37. The van der Waals surface area contributed by atoms with Crippen molar-refractivity contribution in [3.8, 4) is 6.01 Å². The monoisotopic (exact) mass is 292 g/mol. The molecular weight excluding hydrogens is 268 g/mol. The normalized spacial score (nSPS) is 26.2. The van der Waals surface area contributed by atoms with Crippen LogP contribution in [0.2, 0.25) is 0 Å². The number of hydrogen-bond donors (Lipinski definition) is 1. The van der Waals surface area contributed by atoms with Crippen molar-refractivity contribution < 1.29 is 4.74 Å². The maximum atomic E-state index is 5.80. The molecule has 2 atom stereocenters. The van der Waals surface area contributed by atoms with Crippen LogP contribution in [0.15, 0.2) is 0 Å². The van der Waals surface area contributed by atoms with E-state index in [-0.39, 0.29) is 12.1 Å². The molecular formula is C14H24N6O. The van der Waals surface area contributed by atoms with E-state index in [0.717, 1.165) is 19.5 Å². The lowest BCUT2D eigenvalue weighted by molar-refractivity contribution is 0.222. The highest BCUT2D eigenvalue weighted by Gasteiger charge is 2.35. The summed E-state index contributed by atoms with van der Waals surface area (Å²) in [5.74, 6) is 0.859. The Labute approximate surface area is 125 Å². The molecule has 0 spiro atoms. The van der Waals surface area contributed by atoms with Gasteiger partial charge in [0.05, 0.1) is 6.10 Å². The predicted molar refractivity (Wildman–Crippen MR) is 81.4 cm³/mol. The molecule has 0 aromatic carbocycles. The maximum absolute atomic E-state index is 5.80. The fraction of sp³-hybridized carbons (Fsp3) is 0.786. The van der Waals surface area contributed by atoms with Gasteiger partial charge >= 0.3 is 6.01 Å². The Morgan fingerprint density at radius 1 is 1.14 bits per heavy atom. The Kier molecular flexibility index (Phi) is 3.84. The van der Waals surface area contributed by atoms with Gasteiger partial charge in [-0.2, -0.15) is 15.0 Å². The molecule has 0 saturated carbocycles. The quantitative estimate of drug-likeness (QED) is 0.887. The molecule has 7 heteroatoms. The summed E-state index contributed by atoms with van der Waals surface area (Å²) >= 11 is 0. The van der Waals surface area contributed by atoms with E-state index >= 15 is 0 Å². The van der Waals surface area contributed by atoms with Crippen LogP contribution in [-0.4, -0.2) is 58.2 Å². The minimum Gasteiger partial charge on any atom is -0.461 e. The Morgan fingerprint density at radius 3 is 2.67 bits per heavy atom. The second kappa shape index (κ2) is 5.63. The van der Waals surface area contributed by atoms with Crippen molar-refractivity contribution in [1.82, 2.24) is 19.9 Å². The molecule has 2 N–H and O–H groups in total. The standard InChI is InChI=1S/C14H24N6O/c1-9(2)21-14-17-12(15)16-13(18-14)20-7-6-10-4-5-11(8-20)19(10)3/h9-11H,4-8H2,1-3H3,(H2,15,16,17,18). The van der Waals surface area contributed by atoms with Crippen LogP contribution in [0.5, 0.6) is 6.01 Å². The molecule has 2 saturated heterocycles. The van der Waals surface area contributed by atoms with Crippen LogP contribution in [0.3, 0.4) is 0 Å². The van der Waals surface area contributed by atoms with Gasteiger partial charge in [-0.1, -0.05) is 0 Å². The summed E-state index contributed by atoms with van der Waals surface area (Å²) in [6.45, 7) is 5.78. The summed E-state index contributed by atoms with van der Waals surface area (Å²) in [7, 11) is 2.22. The molecule has 1 aromatic heterocycles. The van der Waals surface area contributed by atoms with E-state index in [9.17, 15) is 0 Å². The largest absolute Gasteiger partial charge is 0.461 e. The molecule has 3 heterocycles. The van der Waals surface area contributed by atoms with Gasteiger partial charge in [0.2, 0.25) is 11.9 Å². The molecule has 1 aromatic rings. The topological polar surface area (TPSA) is 80.4 Å². The number of anilines is 2. The van der Waals surface area contributed by atoms with Gasteiger partial charge in [-0.15, -0.1) is 0 Å². The zero-order chi connectivity index (χ0) is 15.0. The van der Waals surface area contributed by atoms with Gasteiger partial charge in [-0.3, -0.25) is 4.90 Å². The minimum atomic E-state index is 0.0194. The average Bonchev–Trinajstić information content (AvgIpc) is 2.61. The first kappa shape index (κ1) is 14.3. The minimum absolute atomic E-state index is 0.0194. The summed E-state index contributed by atoms with van der Waals surface area (Å²) in [4.78, 5) is 17.5. The lowest BCUT2D eigenvalue weighted by atomic mass is 10.1. The number of fused-ring (bicyclic) bond motifs is 2. The highest BCUT2D eigenvalue weighted by Crippen LogP contribution is 2.30. The molecule has 2 aliphatic heterocycles. The third kappa shape index (κ3) is 3.02. The number of rotatable bonds is 3. The van der Waals surface area contributed by atoms with Gasteiger partial charge in [-0.25, -0.2) is 0 Å². The number of nitrogen functional groups attached to an aromatic ring is 1. The first-order valence-electron chi connectivity index (χ1n) is 7.68. The molecule has 116 valence electrons. The van der Waals surface area contributed by atoms with Gasteiger partial charge in [0.25, 0.3) is 0 Å². The Bertz CT molecular complexity index is 508. The Balaban J connectivity index is 1.81. The van der Waals surface area contributed by atoms with E-state index < -0.39 is 0 Å². The predicted octanol–water partition coefficient (Wildman–Crippen LogP) is 0.914. The van der Waals surface area contributed by atoms with Crippen LogP contribution < -0.4 is 15.4 Å². The molecule has 7 nitrogen and oxygen atoms in total. The van der Waals surface area contributed by atoms with Crippen LogP contribution in [0, 0.1) is 0 Å². The van der Waals surface area contributed by atoms with Gasteiger partial charge in [0.15, 0.2) is 0 Å². The molecule has 0 radical (unpaired) electrons. The number of nitrogens with zero attached hydrogens (tertiary/aromatic N) is 5. The molecule has 2 bridgehead atoms. The summed E-state index contributed by atoms with van der Waals surface area (Å²) in [5, 5.41) is 0. The van der Waals surface area contributed by atoms with Gasteiger partial charge < -0.3 is 15.4 Å². The molecule has 2 unspecified atom stereocenters. The maximum Gasteiger partial charge on any atom is 0.323 e. The van der Waals surface area contributed by atoms with Gasteiger partial charge in [-0.05, 0) is 40.2 Å². The molecule has 0 amide bonds. The number of ether oxygens (including phenoxy) is 1. The molecule has 0 aliphatic carbocycles. The Hall–Kier alpha value is -1.63. The van der Waals surface area contributed by atoms with Crippen LogP contribution in [0.25, 0.3) is 0 Å². The van der Waals surface area contributed by atoms with Crippen molar-refractivity contribution >= 4 is 11.9 Å². The SMILES string of the molecule is CC(C)Oc1nc(N)nc(N2CCC3CCC(C2)N3C)n1. The van der Waals surface area contributed by atoms with Gasteiger partial charge in [0, 0.05) is 25.2 Å². The molecule has 3 rings (SSSR count). The van der Waals surface area contributed by atoms with Crippen molar-refractivity contribution in [2.24, 2.45) is 0 Å². The van der Waals surface area contributed by atoms with Crippen molar-refractivity contribution in [2.45, 2.75) is 51.3 Å². The van der Waals surface area contributed by atoms with E-state index in [4.69, 9.17) is 10.5 Å². The first-order chi connectivity index (χ1) is 10.0. The van der Waals surface area contributed by atoms with Crippen LogP contribution >= 0.6 is 0 Å². The number of nitrogens with two attached hydrogens (primary N) is 1. The van der Waals surface area contributed by atoms with Crippen LogP contribution in [0.1, 0.15) is 33.1 Å². The third-order valence-corrected chi connectivity index (χ3v) is 4.39. The molecule has 2 aliphatic rings. The molecule has 21 heavy (non-hydrogen) atoms. The summed E-state index contributed by atoms with van der Waals surface area (Å²) < 4.78 is 5.56. The van der Waals surface area contributed by atoms with Crippen molar-refractivity contribution in [3.63, 3.8) is 0 Å². The lowest BCUT2D eigenvalue weighted by Gasteiger charge is -2.26.